The molecular weight excluding hydrogens is 432 g/mol. The van der Waals surface area contributed by atoms with Crippen molar-refractivity contribution in [1.82, 2.24) is 9.38 Å². The number of fused-ring (bicyclic) bond motifs is 1. The van der Waals surface area contributed by atoms with Crippen molar-refractivity contribution >= 4 is 22.8 Å². The van der Waals surface area contributed by atoms with Crippen molar-refractivity contribution in [2.45, 2.75) is 0 Å². The fourth-order valence-corrected chi connectivity index (χ4v) is 4.25. The van der Waals surface area contributed by atoms with Crippen LogP contribution in [0.15, 0.2) is 60.8 Å². The fourth-order valence-electron chi connectivity index (χ4n) is 4.25. The number of aromatic nitrogens is 2. The molecule has 34 heavy (non-hydrogen) atoms. The van der Waals surface area contributed by atoms with E-state index < -0.39 is 0 Å². The Bertz CT molecular complexity index is 1250. The van der Waals surface area contributed by atoms with Gasteiger partial charge >= 0.3 is 0 Å². The van der Waals surface area contributed by atoms with E-state index in [-0.39, 0.29) is 0 Å². The van der Waals surface area contributed by atoms with Crippen molar-refractivity contribution in [3.63, 3.8) is 0 Å². The predicted octanol–water partition coefficient (Wildman–Crippen LogP) is 4.61. The smallest absolute Gasteiger partial charge is 0.203 e. The molecule has 0 saturated carbocycles. The average molecular weight is 461 g/mol. The summed E-state index contributed by atoms with van der Waals surface area (Å²) in [5.41, 5.74) is 4.63. The van der Waals surface area contributed by atoms with E-state index in [9.17, 15) is 0 Å². The average Bonchev–Trinajstić information content (AvgIpc) is 3.27. The monoisotopic (exact) mass is 460 g/mol. The Kier molecular flexibility index (Phi) is 6.14. The van der Waals surface area contributed by atoms with Crippen molar-refractivity contribution in [2.24, 2.45) is 0 Å². The lowest BCUT2D eigenvalue weighted by Crippen LogP contribution is -2.36. The summed E-state index contributed by atoms with van der Waals surface area (Å²) in [7, 11) is 4.82. The Hall–Kier alpha value is -3.91. The Morgan fingerprint density at radius 2 is 1.59 bits per heavy atom. The molecule has 8 heteroatoms. The molecule has 5 rings (SSSR count). The number of morpholine rings is 1. The number of methoxy groups -OCH3 is 3. The van der Waals surface area contributed by atoms with E-state index in [4.69, 9.17) is 23.9 Å². The van der Waals surface area contributed by atoms with E-state index in [2.05, 4.69) is 34.5 Å². The van der Waals surface area contributed by atoms with Gasteiger partial charge in [0.25, 0.3) is 0 Å². The van der Waals surface area contributed by atoms with Gasteiger partial charge in [-0.05, 0) is 48.5 Å². The van der Waals surface area contributed by atoms with Gasteiger partial charge in [-0.25, -0.2) is 4.98 Å². The first-order chi connectivity index (χ1) is 16.7. The molecule has 176 valence electrons. The summed E-state index contributed by atoms with van der Waals surface area (Å²) in [6.07, 6.45) is 1.99. The first kappa shape index (κ1) is 21.9. The van der Waals surface area contributed by atoms with Gasteiger partial charge in [0.15, 0.2) is 11.5 Å². The summed E-state index contributed by atoms with van der Waals surface area (Å²) in [4.78, 5) is 7.24. The Balaban J connectivity index is 1.55. The number of ether oxygens (including phenoxy) is 4. The van der Waals surface area contributed by atoms with Gasteiger partial charge in [-0.3, -0.25) is 4.40 Å². The predicted molar refractivity (Wildman–Crippen MR) is 133 cm³/mol. The van der Waals surface area contributed by atoms with Crippen molar-refractivity contribution in [2.75, 3.05) is 57.8 Å². The number of hydrogen-bond acceptors (Lipinski definition) is 7. The molecule has 0 atom stereocenters. The molecule has 8 nitrogen and oxygen atoms in total. The number of nitrogens with zero attached hydrogens (tertiary/aromatic N) is 3. The zero-order valence-electron chi connectivity index (χ0n) is 19.6. The summed E-state index contributed by atoms with van der Waals surface area (Å²) >= 11 is 0. The molecule has 0 spiro atoms. The minimum absolute atomic E-state index is 0.547. The SMILES string of the molecule is COc1cc(-c2nc3ccccn3c2Nc2ccc(N3CCOCC3)cc2)cc(OC)c1OC. The number of hydrogen-bond donors (Lipinski definition) is 1. The van der Waals surface area contributed by atoms with Gasteiger partial charge in [0.2, 0.25) is 5.75 Å². The van der Waals surface area contributed by atoms with Crippen LogP contribution in [0.3, 0.4) is 0 Å². The van der Waals surface area contributed by atoms with Crippen molar-refractivity contribution in [3.05, 3.63) is 60.8 Å². The van der Waals surface area contributed by atoms with Gasteiger partial charge in [0.05, 0.1) is 34.5 Å². The second-order valence-corrected chi connectivity index (χ2v) is 7.92. The third kappa shape index (κ3) is 4.08. The van der Waals surface area contributed by atoms with E-state index in [0.29, 0.717) is 17.2 Å². The Morgan fingerprint density at radius 3 is 2.24 bits per heavy atom. The number of benzene rings is 2. The molecule has 2 aromatic heterocycles. The molecule has 0 unspecified atom stereocenters. The standard InChI is InChI=1S/C26H28N4O4/c1-31-21-16-18(17-22(32-2)25(21)33-3)24-26(30-11-5-4-6-23(30)28-24)27-19-7-9-20(10-8-19)29-12-14-34-15-13-29/h4-11,16-17,27H,12-15H2,1-3H3. The van der Waals surface area contributed by atoms with Crippen molar-refractivity contribution in [3.8, 4) is 28.5 Å². The highest BCUT2D eigenvalue weighted by Gasteiger charge is 2.20. The maximum absolute atomic E-state index is 5.57. The highest BCUT2D eigenvalue weighted by Crippen LogP contribution is 2.43. The lowest BCUT2D eigenvalue weighted by molar-refractivity contribution is 0.122. The highest BCUT2D eigenvalue weighted by molar-refractivity contribution is 5.82. The molecule has 0 radical (unpaired) electrons. The molecule has 0 bridgehead atoms. The Morgan fingerprint density at radius 1 is 0.882 bits per heavy atom. The van der Waals surface area contributed by atoms with E-state index >= 15 is 0 Å². The normalized spacial score (nSPS) is 13.7. The van der Waals surface area contributed by atoms with Gasteiger partial charge in [-0.1, -0.05) is 6.07 Å². The zero-order chi connectivity index (χ0) is 23.5. The molecule has 2 aromatic carbocycles. The van der Waals surface area contributed by atoms with Crippen LogP contribution in [-0.2, 0) is 4.74 Å². The Labute approximate surface area is 198 Å². The number of anilines is 3. The number of imidazole rings is 1. The lowest BCUT2D eigenvalue weighted by Gasteiger charge is -2.29. The topological polar surface area (TPSA) is 69.5 Å². The first-order valence-corrected chi connectivity index (χ1v) is 11.2. The van der Waals surface area contributed by atoms with Crippen LogP contribution in [0.1, 0.15) is 0 Å². The molecule has 4 aromatic rings. The molecule has 1 saturated heterocycles. The number of pyridine rings is 1. The van der Waals surface area contributed by atoms with Gasteiger partial charge < -0.3 is 29.2 Å². The molecule has 1 aliphatic rings. The van der Waals surface area contributed by atoms with Crippen LogP contribution in [0.5, 0.6) is 17.2 Å². The maximum atomic E-state index is 5.57. The highest BCUT2D eigenvalue weighted by atomic mass is 16.5. The minimum atomic E-state index is 0.547. The van der Waals surface area contributed by atoms with Gasteiger partial charge in [0, 0.05) is 36.2 Å². The van der Waals surface area contributed by atoms with Crippen LogP contribution in [-0.4, -0.2) is 57.0 Å². The molecular formula is C26H28N4O4. The quantitative estimate of drug-likeness (QED) is 0.432. The van der Waals surface area contributed by atoms with E-state index in [1.54, 1.807) is 21.3 Å². The van der Waals surface area contributed by atoms with E-state index in [1.165, 1.54) is 5.69 Å². The van der Waals surface area contributed by atoms with Crippen LogP contribution < -0.4 is 24.4 Å². The van der Waals surface area contributed by atoms with E-state index in [0.717, 1.165) is 54.7 Å². The minimum Gasteiger partial charge on any atom is -0.493 e. The van der Waals surface area contributed by atoms with Crippen LogP contribution >= 0.6 is 0 Å². The third-order valence-corrected chi connectivity index (χ3v) is 5.97. The van der Waals surface area contributed by atoms with E-state index in [1.807, 2.05) is 40.9 Å². The maximum Gasteiger partial charge on any atom is 0.203 e. The van der Waals surface area contributed by atoms with Crippen LogP contribution in [0, 0.1) is 0 Å². The van der Waals surface area contributed by atoms with Crippen molar-refractivity contribution in [1.29, 1.82) is 0 Å². The van der Waals surface area contributed by atoms with Gasteiger partial charge in [0.1, 0.15) is 17.2 Å². The number of nitrogens with one attached hydrogen (secondary N) is 1. The van der Waals surface area contributed by atoms with Crippen molar-refractivity contribution < 1.29 is 18.9 Å². The summed E-state index contributed by atoms with van der Waals surface area (Å²) in [6.45, 7) is 3.34. The molecule has 1 N–H and O–H groups in total. The lowest BCUT2D eigenvalue weighted by atomic mass is 10.1. The van der Waals surface area contributed by atoms with Gasteiger partial charge in [-0.2, -0.15) is 0 Å². The summed E-state index contributed by atoms with van der Waals surface area (Å²) < 4.78 is 24.1. The first-order valence-electron chi connectivity index (χ1n) is 11.2. The van der Waals surface area contributed by atoms with Crippen LogP contribution in [0.25, 0.3) is 16.9 Å². The molecule has 1 aliphatic heterocycles. The zero-order valence-corrected chi connectivity index (χ0v) is 19.6. The fraction of sp³-hybridized carbons (Fsp3) is 0.269. The second-order valence-electron chi connectivity index (χ2n) is 7.92. The second kappa shape index (κ2) is 9.52. The largest absolute Gasteiger partial charge is 0.493 e. The third-order valence-electron chi connectivity index (χ3n) is 5.97. The van der Waals surface area contributed by atoms with Crippen LogP contribution in [0.4, 0.5) is 17.2 Å². The number of rotatable bonds is 7. The van der Waals surface area contributed by atoms with Crippen LogP contribution in [0.2, 0.25) is 0 Å². The summed E-state index contributed by atoms with van der Waals surface area (Å²) in [6, 6.07) is 18.2. The molecule has 0 aliphatic carbocycles. The van der Waals surface area contributed by atoms with Gasteiger partial charge in [-0.15, -0.1) is 0 Å². The molecule has 3 heterocycles. The molecule has 0 amide bonds. The molecule has 1 fully saturated rings. The summed E-state index contributed by atoms with van der Waals surface area (Å²) in [5.74, 6) is 2.55. The summed E-state index contributed by atoms with van der Waals surface area (Å²) in [5, 5.41) is 3.57.